The lowest BCUT2D eigenvalue weighted by molar-refractivity contribution is 0.506. The molecule has 0 unspecified atom stereocenters. The summed E-state index contributed by atoms with van der Waals surface area (Å²) in [7, 11) is 0. The van der Waals surface area contributed by atoms with Crippen molar-refractivity contribution in [1.29, 1.82) is 5.26 Å². The molecule has 2 bridgehead atoms. The molecule has 118 valence electrons. The predicted molar refractivity (Wildman–Crippen MR) is 91.2 cm³/mol. The Morgan fingerprint density at radius 2 is 2.17 bits per heavy atom. The van der Waals surface area contributed by atoms with Crippen molar-refractivity contribution in [2.24, 2.45) is 0 Å². The van der Waals surface area contributed by atoms with Crippen molar-refractivity contribution in [2.45, 2.75) is 31.3 Å². The Morgan fingerprint density at radius 3 is 3.00 bits per heavy atom. The maximum absolute atomic E-state index is 9.67. The van der Waals surface area contributed by atoms with E-state index in [4.69, 9.17) is 10.2 Å². The quantitative estimate of drug-likeness (QED) is 0.719. The van der Waals surface area contributed by atoms with Gasteiger partial charge in [0.05, 0.1) is 0 Å². The molecule has 5 heteroatoms. The second-order valence-electron chi connectivity index (χ2n) is 6.57. The van der Waals surface area contributed by atoms with Crippen LogP contribution >= 0.6 is 0 Å². The molecule has 2 aliphatic heterocycles. The summed E-state index contributed by atoms with van der Waals surface area (Å²) in [6.45, 7) is 0. The maximum Gasteiger partial charge on any atom is 0.142 e. The van der Waals surface area contributed by atoms with Gasteiger partial charge in [0, 0.05) is 40.7 Å². The van der Waals surface area contributed by atoms with Crippen molar-refractivity contribution in [2.75, 3.05) is 5.73 Å². The Labute approximate surface area is 139 Å². The molecule has 0 amide bonds. The summed E-state index contributed by atoms with van der Waals surface area (Å²) in [4.78, 5) is 4.54. The minimum Gasteiger partial charge on any atom is -0.456 e. The number of fused-ring (bicyclic) bond motifs is 5. The number of furan rings is 1. The number of nitriles is 1. The van der Waals surface area contributed by atoms with Crippen LogP contribution in [-0.2, 0) is 6.42 Å². The van der Waals surface area contributed by atoms with Crippen LogP contribution in [0.3, 0.4) is 0 Å². The number of benzene rings is 1. The second kappa shape index (κ2) is 4.83. The monoisotopic (exact) mass is 316 g/mol. The van der Waals surface area contributed by atoms with Gasteiger partial charge >= 0.3 is 0 Å². The van der Waals surface area contributed by atoms with Gasteiger partial charge in [0.2, 0.25) is 0 Å². The largest absolute Gasteiger partial charge is 0.456 e. The highest BCUT2D eigenvalue weighted by molar-refractivity contribution is 5.86. The zero-order valence-corrected chi connectivity index (χ0v) is 13.0. The molecule has 0 aliphatic carbocycles. The molecule has 1 saturated heterocycles. The molecule has 2 aromatic heterocycles. The van der Waals surface area contributed by atoms with Gasteiger partial charge in [0.1, 0.15) is 28.8 Å². The zero-order valence-electron chi connectivity index (χ0n) is 13.0. The average Bonchev–Trinajstić information content (AvgIpc) is 3.17. The SMILES string of the molecule is N#Cc1c(N)nc2c(c1-c1cc3ccccc3o1)[C@H]1CC[C@@H](C2)N1. The summed E-state index contributed by atoms with van der Waals surface area (Å²) in [5, 5.41) is 14.3. The second-order valence-corrected chi connectivity index (χ2v) is 6.57. The summed E-state index contributed by atoms with van der Waals surface area (Å²) in [5.41, 5.74) is 10.2. The van der Waals surface area contributed by atoms with Crippen LogP contribution in [-0.4, -0.2) is 11.0 Å². The Kier molecular flexibility index (Phi) is 2.73. The molecule has 2 atom stereocenters. The number of hydrogen-bond donors (Lipinski definition) is 2. The number of anilines is 1. The number of nitrogens with one attached hydrogen (secondary N) is 1. The molecule has 3 aromatic rings. The van der Waals surface area contributed by atoms with Gasteiger partial charge in [0.15, 0.2) is 0 Å². The third-order valence-electron chi connectivity index (χ3n) is 5.15. The molecule has 1 aromatic carbocycles. The highest BCUT2D eigenvalue weighted by Crippen LogP contribution is 2.44. The maximum atomic E-state index is 9.67. The summed E-state index contributed by atoms with van der Waals surface area (Å²) in [6.07, 6.45) is 3.04. The lowest BCUT2D eigenvalue weighted by atomic mass is 9.90. The molecule has 3 N–H and O–H groups in total. The van der Waals surface area contributed by atoms with Crippen molar-refractivity contribution in [3.8, 4) is 17.4 Å². The number of hydrogen-bond acceptors (Lipinski definition) is 5. The molecule has 4 heterocycles. The molecule has 24 heavy (non-hydrogen) atoms. The lowest BCUT2D eigenvalue weighted by Crippen LogP contribution is -2.33. The topological polar surface area (TPSA) is 87.9 Å². The molecule has 5 nitrogen and oxygen atoms in total. The first kappa shape index (κ1) is 13.6. The van der Waals surface area contributed by atoms with Crippen molar-refractivity contribution in [1.82, 2.24) is 10.3 Å². The summed E-state index contributed by atoms with van der Waals surface area (Å²) in [5.74, 6) is 0.998. The van der Waals surface area contributed by atoms with E-state index >= 15 is 0 Å². The van der Waals surface area contributed by atoms with E-state index in [-0.39, 0.29) is 6.04 Å². The molecule has 0 saturated carbocycles. The van der Waals surface area contributed by atoms with Gasteiger partial charge < -0.3 is 15.5 Å². The smallest absolute Gasteiger partial charge is 0.142 e. The van der Waals surface area contributed by atoms with Crippen molar-refractivity contribution in [3.63, 3.8) is 0 Å². The first-order valence-electron chi connectivity index (χ1n) is 8.22. The van der Waals surface area contributed by atoms with Crippen molar-refractivity contribution in [3.05, 3.63) is 47.2 Å². The van der Waals surface area contributed by atoms with E-state index in [9.17, 15) is 5.26 Å². The number of nitrogens with two attached hydrogens (primary N) is 1. The van der Waals surface area contributed by atoms with Gasteiger partial charge in [0.25, 0.3) is 0 Å². The number of aromatic nitrogens is 1. The van der Waals surface area contributed by atoms with E-state index in [0.717, 1.165) is 47.1 Å². The molecule has 5 rings (SSSR count). The minimum atomic E-state index is 0.224. The number of nitrogens with zero attached hydrogens (tertiary/aromatic N) is 2. The predicted octanol–water partition coefficient (Wildman–Crippen LogP) is 3.30. The van der Waals surface area contributed by atoms with E-state index in [1.807, 2.05) is 30.3 Å². The Morgan fingerprint density at radius 1 is 1.29 bits per heavy atom. The average molecular weight is 316 g/mol. The van der Waals surface area contributed by atoms with Crippen LogP contribution in [0.15, 0.2) is 34.7 Å². The van der Waals surface area contributed by atoms with E-state index in [2.05, 4.69) is 16.4 Å². The molecule has 1 fully saturated rings. The summed E-state index contributed by atoms with van der Waals surface area (Å²) >= 11 is 0. The zero-order chi connectivity index (χ0) is 16.3. The van der Waals surface area contributed by atoms with Crippen LogP contribution < -0.4 is 11.1 Å². The normalized spacial score (nSPS) is 21.6. The molecule has 0 radical (unpaired) electrons. The van der Waals surface area contributed by atoms with Gasteiger partial charge in [-0.25, -0.2) is 4.98 Å². The van der Waals surface area contributed by atoms with Crippen LogP contribution in [0.2, 0.25) is 0 Å². The molecular weight excluding hydrogens is 300 g/mol. The Hall–Kier alpha value is -2.84. The fraction of sp³-hybridized carbons (Fsp3) is 0.263. The van der Waals surface area contributed by atoms with Gasteiger partial charge in [-0.2, -0.15) is 5.26 Å². The van der Waals surface area contributed by atoms with Crippen LogP contribution in [0.1, 0.15) is 35.7 Å². The van der Waals surface area contributed by atoms with Crippen molar-refractivity contribution >= 4 is 16.8 Å². The highest BCUT2D eigenvalue weighted by Gasteiger charge is 2.37. The van der Waals surface area contributed by atoms with E-state index < -0.39 is 0 Å². The van der Waals surface area contributed by atoms with Crippen LogP contribution in [0, 0.1) is 11.3 Å². The fourth-order valence-electron chi connectivity index (χ4n) is 4.11. The van der Waals surface area contributed by atoms with Crippen molar-refractivity contribution < 1.29 is 4.42 Å². The third kappa shape index (κ3) is 1.81. The van der Waals surface area contributed by atoms with E-state index in [1.165, 1.54) is 0 Å². The molecule has 0 spiro atoms. The Balaban J connectivity index is 1.84. The number of rotatable bonds is 1. The summed E-state index contributed by atoms with van der Waals surface area (Å²) in [6, 6.07) is 12.8. The fourth-order valence-corrected chi connectivity index (χ4v) is 4.11. The number of para-hydroxylation sites is 1. The number of pyridine rings is 1. The van der Waals surface area contributed by atoms with E-state index in [0.29, 0.717) is 23.2 Å². The van der Waals surface area contributed by atoms with Gasteiger partial charge in [-0.3, -0.25) is 0 Å². The van der Waals surface area contributed by atoms with Gasteiger partial charge in [-0.05, 0) is 25.0 Å². The van der Waals surface area contributed by atoms with Crippen LogP contribution in [0.5, 0.6) is 0 Å². The first-order valence-corrected chi connectivity index (χ1v) is 8.22. The minimum absolute atomic E-state index is 0.224. The summed E-state index contributed by atoms with van der Waals surface area (Å²) < 4.78 is 6.06. The highest BCUT2D eigenvalue weighted by atomic mass is 16.3. The third-order valence-corrected chi connectivity index (χ3v) is 5.15. The van der Waals surface area contributed by atoms with Crippen LogP contribution in [0.4, 0.5) is 5.82 Å². The van der Waals surface area contributed by atoms with Gasteiger partial charge in [-0.1, -0.05) is 18.2 Å². The number of nitrogen functional groups attached to an aromatic ring is 1. The van der Waals surface area contributed by atoms with Crippen LogP contribution in [0.25, 0.3) is 22.3 Å². The Bertz CT molecular complexity index is 981. The molecular formula is C19H16N4O. The first-order chi connectivity index (χ1) is 11.7. The standard InChI is InChI=1S/C19H16N4O/c20-9-12-17(16-7-10-3-1-2-4-15(10)24-16)18-13-6-5-11(22-13)8-14(18)23-19(12)21/h1-4,7,11,13,22H,5-6,8H2,(H2,21,23)/t11-,13+/m0/s1. The molecule has 2 aliphatic rings. The lowest BCUT2D eigenvalue weighted by Gasteiger charge is -2.26. The van der Waals surface area contributed by atoms with E-state index in [1.54, 1.807) is 0 Å². The van der Waals surface area contributed by atoms with Gasteiger partial charge in [-0.15, -0.1) is 0 Å².